The minimum atomic E-state index is 0.807. The van der Waals surface area contributed by atoms with Crippen molar-refractivity contribution < 1.29 is 0 Å². The Labute approximate surface area is 70.0 Å². The Hall–Kier alpha value is -0.0800. The highest BCUT2D eigenvalue weighted by atomic mass is 15.1. The zero-order valence-corrected chi connectivity index (χ0v) is 7.93. The molecule has 1 aliphatic heterocycles. The van der Waals surface area contributed by atoms with E-state index in [-0.39, 0.29) is 0 Å². The molecule has 0 saturated carbocycles. The van der Waals surface area contributed by atoms with Gasteiger partial charge in [0.15, 0.2) is 0 Å². The fraction of sp³-hybridized carbons (Fsp3) is 1.00. The summed E-state index contributed by atoms with van der Waals surface area (Å²) in [5.74, 6) is 0.907. The van der Waals surface area contributed by atoms with Gasteiger partial charge in [-0.05, 0) is 26.4 Å². The van der Waals surface area contributed by atoms with Gasteiger partial charge in [-0.3, -0.25) is 0 Å². The molecule has 0 aromatic rings. The van der Waals surface area contributed by atoms with Crippen LogP contribution in [0.25, 0.3) is 0 Å². The van der Waals surface area contributed by atoms with Gasteiger partial charge in [0, 0.05) is 19.1 Å². The molecule has 1 atom stereocenters. The highest BCUT2D eigenvalue weighted by Gasteiger charge is 2.27. The first-order valence-corrected chi connectivity index (χ1v) is 4.62. The molecule has 0 bridgehead atoms. The average Bonchev–Trinajstić information content (AvgIpc) is 1.82. The normalized spacial score (nSPS) is 21.8. The predicted octanol–water partition coefficient (Wildman–Crippen LogP) is 0.936. The summed E-state index contributed by atoms with van der Waals surface area (Å²) in [5, 5.41) is 3.33. The van der Waals surface area contributed by atoms with Crippen molar-refractivity contribution in [3.05, 3.63) is 0 Å². The number of rotatable bonds is 4. The first-order chi connectivity index (χ1) is 5.25. The van der Waals surface area contributed by atoms with Crippen molar-refractivity contribution in [1.29, 1.82) is 0 Å². The van der Waals surface area contributed by atoms with Gasteiger partial charge in [0.05, 0.1) is 0 Å². The van der Waals surface area contributed by atoms with Gasteiger partial charge in [0.25, 0.3) is 0 Å². The molecule has 0 radical (unpaired) electrons. The molecule has 11 heavy (non-hydrogen) atoms. The van der Waals surface area contributed by atoms with E-state index >= 15 is 0 Å². The van der Waals surface area contributed by atoms with Crippen LogP contribution in [0.4, 0.5) is 0 Å². The maximum absolute atomic E-state index is 3.33. The minimum absolute atomic E-state index is 0.807. The van der Waals surface area contributed by atoms with E-state index in [2.05, 4.69) is 31.2 Å². The van der Waals surface area contributed by atoms with Crippen molar-refractivity contribution in [2.75, 3.05) is 27.2 Å². The molecule has 0 aromatic heterocycles. The van der Waals surface area contributed by atoms with Gasteiger partial charge < -0.3 is 10.2 Å². The number of hydrogen-bond donors (Lipinski definition) is 1. The van der Waals surface area contributed by atoms with Gasteiger partial charge in [-0.1, -0.05) is 13.3 Å². The third-order valence-electron chi connectivity index (χ3n) is 2.60. The van der Waals surface area contributed by atoms with Gasteiger partial charge in [0.2, 0.25) is 0 Å². The monoisotopic (exact) mass is 156 g/mol. The van der Waals surface area contributed by atoms with Gasteiger partial charge >= 0.3 is 0 Å². The number of hydrogen-bond acceptors (Lipinski definition) is 2. The van der Waals surface area contributed by atoms with E-state index in [4.69, 9.17) is 0 Å². The summed E-state index contributed by atoms with van der Waals surface area (Å²) in [4.78, 5) is 2.37. The molecule has 1 unspecified atom stereocenters. The molecule has 1 aliphatic rings. The lowest BCUT2D eigenvalue weighted by atomic mass is 9.90. The van der Waals surface area contributed by atoms with Crippen molar-refractivity contribution in [3.63, 3.8) is 0 Å². The zero-order valence-electron chi connectivity index (χ0n) is 7.93. The molecule has 1 rings (SSSR count). The van der Waals surface area contributed by atoms with Crippen LogP contribution in [-0.4, -0.2) is 38.1 Å². The second-order valence-corrected chi connectivity index (χ2v) is 3.74. The molecule has 0 aliphatic carbocycles. The quantitative estimate of drug-likeness (QED) is 0.651. The first-order valence-electron chi connectivity index (χ1n) is 4.62. The lowest BCUT2D eigenvalue weighted by molar-refractivity contribution is 0.150. The second-order valence-electron chi connectivity index (χ2n) is 3.74. The van der Waals surface area contributed by atoms with Crippen molar-refractivity contribution in [2.24, 2.45) is 5.92 Å². The van der Waals surface area contributed by atoms with Crippen LogP contribution in [0.3, 0.4) is 0 Å². The smallest absolute Gasteiger partial charge is 0.0142 e. The fourth-order valence-electron chi connectivity index (χ4n) is 1.79. The van der Waals surface area contributed by atoms with E-state index in [0.717, 1.165) is 12.0 Å². The number of nitrogens with one attached hydrogen (secondary N) is 1. The van der Waals surface area contributed by atoms with E-state index < -0.39 is 0 Å². The third-order valence-corrected chi connectivity index (χ3v) is 2.60. The van der Waals surface area contributed by atoms with E-state index in [1.165, 1.54) is 25.9 Å². The van der Waals surface area contributed by atoms with Gasteiger partial charge in [-0.25, -0.2) is 0 Å². The highest BCUT2D eigenvalue weighted by Crippen LogP contribution is 2.17. The fourth-order valence-corrected chi connectivity index (χ4v) is 1.79. The van der Waals surface area contributed by atoms with Crippen molar-refractivity contribution in [1.82, 2.24) is 10.2 Å². The summed E-state index contributed by atoms with van der Waals surface area (Å²) >= 11 is 0. The second kappa shape index (κ2) is 4.07. The molecule has 1 heterocycles. The van der Waals surface area contributed by atoms with Gasteiger partial charge in [0.1, 0.15) is 0 Å². The molecule has 1 fully saturated rings. The summed E-state index contributed by atoms with van der Waals surface area (Å²) in [6.45, 7) is 4.72. The standard InChI is InChI=1S/C9H20N2/c1-4-5-9(11(2)3)8-6-10-7-8/h8-10H,4-7H2,1-3H3. The Balaban J connectivity index is 2.31. The Morgan fingerprint density at radius 1 is 1.45 bits per heavy atom. The lowest BCUT2D eigenvalue weighted by Gasteiger charge is -2.38. The van der Waals surface area contributed by atoms with Crippen LogP contribution in [0.15, 0.2) is 0 Å². The predicted molar refractivity (Wildman–Crippen MR) is 48.7 cm³/mol. The Morgan fingerprint density at radius 3 is 2.36 bits per heavy atom. The molecule has 1 N–H and O–H groups in total. The van der Waals surface area contributed by atoms with Crippen molar-refractivity contribution >= 4 is 0 Å². The molecule has 66 valence electrons. The zero-order chi connectivity index (χ0) is 8.27. The van der Waals surface area contributed by atoms with Crippen LogP contribution >= 0.6 is 0 Å². The molecular weight excluding hydrogens is 136 g/mol. The van der Waals surface area contributed by atoms with Crippen LogP contribution in [-0.2, 0) is 0 Å². The van der Waals surface area contributed by atoms with E-state index in [1.54, 1.807) is 0 Å². The van der Waals surface area contributed by atoms with Crippen molar-refractivity contribution in [3.8, 4) is 0 Å². The SMILES string of the molecule is CCCC(C1CNC1)N(C)C. The molecule has 2 heteroatoms. The highest BCUT2D eigenvalue weighted by molar-refractivity contribution is 4.85. The van der Waals surface area contributed by atoms with Crippen LogP contribution < -0.4 is 5.32 Å². The van der Waals surface area contributed by atoms with Crippen LogP contribution in [0.2, 0.25) is 0 Å². The lowest BCUT2D eigenvalue weighted by Crippen LogP contribution is -2.52. The summed E-state index contributed by atoms with van der Waals surface area (Å²) in [5.41, 5.74) is 0. The summed E-state index contributed by atoms with van der Waals surface area (Å²) in [6, 6.07) is 0.807. The largest absolute Gasteiger partial charge is 0.316 e. The first kappa shape index (κ1) is 9.01. The maximum Gasteiger partial charge on any atom is 0.0142 e. The summed E-state index contributed by atoms with van der Waals surface area (Å²) in [6.07, 6.45) is 2.65. The van der Waals surface area contributed by atoms with E-state index in [9.17, 15) is 0 Å². The number of nitrogens with zero attached hydrogens (tertiary/aromatic N) is 1. The molecule has 1 saturated heterocycles. The summed E-state index contributed by atoms with van der Waals surface area (Å²) < 4.78 is 0. The van der Waals surface area contributed by atoms with Crippen LogP contribution in [0, 0.1) is 5.92 Å². The maximum atomic E-state index is 3.33. The average molecular weight is 156 g/mol. The molecule has 0 spiro atoms. The molecule has 2 nitrogen and oxygen atoms in total. The van der Waals surface area contributed by atoms with E-state index in [0.29, 0.717) is 0 Å². The topological polar surface area (TPSA) is 15.3 Å². The summed E-state index contributed by atoms with van der Waals surface area (Å²) in [7, 11) is 4.39. The Kier molecular flexibility index (Phi) is 3.34. The van der Waals surface area contributed by atoms with E-state index in [1.807, 2.05) is 0 Å². The minimum Gasteiger partial charge on any atom is -0.316 e. The van der Waals surface area contributed by atoms with Gasteiger partial charge in [-0.2, -0.15) is 0 Å². The van der Waals surface area contributed by atoms with Crippen LogP contribution in [0.5, 0.6) is 0 Å². The van der Waals surface area contributed by atoms with Crippen molar-refractivity contribution in [2.45, 2.75) is 25.8 Å². The Bertz CT molecular complexity index is 108. The Morgan fingerprint density at radius 2 is 2.09 bits per heavy atom. The molecular formula is C9H20N2. The third kappa shape index (κ3) is 2.17. The molecule has 0 aromatic carbocycles. The van der Waals surface area contributed by atoms with Gasteiger partial charge in [-0.15, -0.1) is 0 Å². The molecule has 0 amide bonds. The van der Waals surface area contributed by atoms with Crippen LogP contribution in [0.1, 0.15) is 19.8 Å².